The van der Waals surface area contributed by atoms with Gasteiger partial charge in [-0.25, -0.2) is 0 Å². The molecule has 2 N–H and O–H groups in total. The van der Waals surface area contributed by atoms with E-state index >= 15 is 0 Å². The molecule has 0 bridgehead atoms. The normalized spacial score (nSPS) is 33.1. The van der Waals surface area contributed by atoms with Gasteiger partial charge in [-0.3, -0.25) is 4.79 Å². The molecule has 1 saturated heterocycles. The van der Waals surface area contributed by atoms with Crippen LogP contribution < -0.4 is 5.32 Å². The van der Waals surface area contributed by atoms with E-state index in [2.05, 4.69) is 10.1 Å². The fraction of sp³-hybridized carbons (Fsp3) is 0.857. The lowest BCUT2D eigenvalue weighted by molar-refractivity contribution is -0.252. The molecule has 0 saturated carbocycles. The van der Waals surface area contributed by atoms with Crippen LogP contribution in [0.5, 0.6) is 0 Å². The molecule has 0 aromatic carbocycles. The number of alkyl halides is 3. The molecule has 14 heavy (non-hydrogen) atoms. The SMILES string of the molecule is COC(=O)[C@@H]1CC(O)(C(F)(F)F)CN1. The minimum atomic E-state index is -4.73. The second-order valence-electron chi connectivity index (χ2n) is 3.19. The molecule has 0 amide bonds. The number of hydrogen-bond donors (Lipinski definition) is 2. The highest BCUT2D eigenvalue weighted by molar-refractivity contribution is 5.76. The highest BCUT2D eigenvalue weighted by atomic mass is 19.4. The van der Waals surface area contributed by atoms with Crippen LogP contribution in [0.2, 0.25) is 0 Å². The Hall–Kier alpha value is -0.820. The van der Waals surface area contributed by atoms with Gasteiger partial charge in [-0.15, -0.1) is 0 Å². The lowest BCUT2D eigenvalue weighted by atomic mass is 10.00. The zero-order valence-corrected chi connectivity index (χ0v) is 7.39. The van der Waals surface area contributed by atoms with Crippen molar-refractivity contribution >= 4 is 5.97 Å². The molecule has 0 aliphatic carbocycles. The van der Waals surface area contributed by atoms with Gasteiger partial charge in [0.1, 0.15) is 6.04 Å². The van der Waals surface area contributed by atoms with Gasteiger partial charge in [0, 0.05) is 13.0 Å². The molecule has 1 heterocycles. The van der Waals surface area contributed by atoms with Gasteiger partial charge in [0.05, 0.1) is 7.11 Å². The van der Waals surface area contributed by atoms with E-state index in [1.54, 1.807) is 0 Å². The molecule has 1 unspecified atom stereocenters. The maximum absolute atomic E-state index is 12.2. The van der Waals surface area contributed by atoms with E-state index in [-0.39, 0.29) is 0 Å². The first-order chi connectivity index (χ1) is 6.30. The van der Waals surface area contributed by atoms with Crippen molar-refractivity contribution in [2.24, 2.45) is 0 Å². The highest BCUT2D eigenvalue weighted by Gasteiger charge is 2.58. The van der Waals surface area contributed by atoms with Gasteiger partial charge >= 0.3 is 12.1 Å². The number of hydrogen-bond acceptors (Lipinski definition) is 4. The summed E-state index contributed by atoms with van der Waals surface area (Å²) in [5, 5.41) is 11.4. The van der Waals surface area contributed by atoms with E-state index in [1.807, 2.05) is 0 Å². The predicted molar refractivity (Wildman–Crippen MR) is 39.4 cm³/mol. The number of methoxy groups -OCH3 is 1. The van der Waals surface area contributed by atoms with Crippen LogP contribution in [0.15, 0.2) is 0 Å². The van der Waals surface area contributed by atoms with Gasteiger partial charge in [0.2, 0.25) is 0 Å². The molecule has 1 aliphatic heterocycles. The zero-order chi connectivity index (χ0) is 11.0. The molecule has 1 fully saturated rings. The van der Waals surface area contributed by atoms with Gasteiger partial charge in [0.25, 0.3) is 0 Å². The van der Waals surface area contributed by atoms with Crippen LogP contribution in [-0.4, -0.2) is 42.5 Å². The quantitative estimate of drug-likeness (QED) is 0.593. The molecule has 0 radical (unpaired) electrons. The third-order valence-corrected chi connectivity index (χ3v) is 2.20. The van der Waals surface area contributed by atoms with Crippen LogP contribution in [0.1, 0.15) is 6.42 Å². The second kappa shape index (κ2) is 3.39. The van der Waals surface area contributed by atoms with Crippen LogP contribution in [0.3, 0.4) is 0 Å². The Balaban J connectivity index is 2.69. The van der Waals surface area contributed by atoms with E-state index in [0.717, 1.165) is 7.11 Å². The number of carbonyl (C=O) groups excluding carboxylic acids is 1. The van der Waals surface area contributed by atoms with Gasteiger partial charge < -0.3 is 15.2 Å². The lowest BCUT2D eigenvalue weighted by Gasteiger charge is -2.24. The maximum Gasteiger partial charge on any atom is 0.418 e. The van der Waals surface area contributed by atoms with Gasteiger partial charge in [0.15, 0.2) is 5.60 Å². The Morgan fingerprint density at radius 2 is 2.21 bits per heavy atom. The van der Waals surface area contributed by atoms with Crippen LogP contribution in [-0.2, 0) is 9.53 Å². The molecule has 2 atom stereocenters. The minimum Gasteiger partial charge on any atom is -0.468 e. The van der Waals surface area contributed by atoms with E-state index in [1.165, 1.54) is 0 Å². The van der Waals surface area contributed by atoms with E-state index in [4.69, 9.17) is 5.11 Å². The average Bonchev–Trinajstić information content (AvgIpc) is 2.47. The summed E-state index contributed by atoms with van der Waals surface area (Å²) in [5.41, 5.74) is -2.83. The first-order valence-electron chi connectivity index (χ1n) is 3.90. The first-order valence-corrected chi connectivity index (χ1v) is 3.90. The molecule has 1 aliphatic rings. The van der Waals surface area contributed by atoms with Crippen molar-refractivity contribution in [3.8, 4) is 0 Å². The van der Waals surface area contributed by atoms with Crippen LogP contribution in [0.4, 0.5) is 13.2 Å². The Morgan fingerprint density at radius 3 is 2.57 bits per heavy atom. The second-order valence-corrected chi connectivity index (χ2v) is 3.19. The van der Waals surface area contributed by atoms with Gasteiger partial charge in [-0.05, 0) is 0 Å². The van der Waals surface area contributed by atoms with Crippen LogP contribution in [0, 0.1) is 0 Å². The molecule has 82 valence electrons. The number of nitrogens with one attached hydrogen (secondary N) is 1. The molecular formula is C7H10F3NO3. The number of aliphatic hydroxyl groups is 1. The van der Waals surface area contributed by atoms with Crippen molar-refractivity contribution in [3.05, 3.63) is 0 Å². The molecule has 0 aromatic heterocycles. The first kappa shape index (κ1) is 11.3. The zero-order valence-electron chi connectivity index (χ0n) is 7.39. The Labute approximate surface area is 78.0 Å². The molecule has 1 rings (SSSR count). The fourth-order valence-electron chi connectivity index (χ4n) is 1.30. The Kier molecular flexibility index (Phi) is 2.73. The maximum atomic E-state index is 12.2. The molecule has 0 aromatic rings. The highest BCUT2D eigenvalue weighted by Crippen LogP contribution is 2.36. The molecule has 0 spiro atoms. The number of ether oxygens (including phenoxy) is 1. The summed E-state index contributed by atoms with van der Waals surface area (Å²) in [5.74, 6) is -0.801. The lowest BCUT2D eigenvalue weighted by Crippen LogP contribution is -2.46. The van der Waals surface area contributed by atoms with Crippen LogP contribution in [0.25, 0.3) is 0 Å². The van der Waals surface area contributed by atoms with Gasteiger partial charge in [-0.1, -0.05) is 0 Å². The van der Waals surface area contributed by atoms with Crippen LogP contribution >= 0.6 is 0 Å². The largest absolute Gasteiger partial charge is 0.468 e. The fourth-order valence-corrected chi connectivity index (χ4v) is 1.30. The standard InChI is InChI=1S/C7H10F3NO3/c1-14-5(12)4-2-6(13,3-11-4)7(8,9)10/h4,11,13H,2-3H2,1H3/t4-,6?/m0/s1. The summed E-state index contributed by atoms with van der Waals surface area (Å²) in [4.78, 5) is 10.9. The Bertz CT molecular complexity index is 243. The van der Waals surface area contributed by atoms with E-state index in [9.17, 15) is 18.0 Å². The molecule has 7 heteroatoms. The third kappa shape index (κ3) is 1.83. The summed E-state index contributed by atoms with van der Waals surface area (Å²) >= 11 is 0. The number of esters is 1. The summed E-state index contributed by atoms with van der Waals surface area (Å²) in [6, 6.07) is -1.09. The summed E-state index contributed by atoms with van der Waals surface area (Å²) in [6.45, 7) is -0.684. The summed E-state index contributed by atoms with van der Waals surface area (Å²) < 4.78 is 41.0. The third-order valence-electron chi connectivity index (χ3n) is 2.20. The molecular weight excluding hydrogens is 203 g/mol. The number of rotatable bonds is 1. The van der Waals surface area contributed by atoms with Gasteiger partial charge in [-0.2, -0.15) is 13.2 Å². The van der Waals surface area contributed by atoms with Crippen molar-refractivity contribution in [2.75, 3.05) is 13.7 Å². The average molecular weight is 213 g/mol. The monoisotopic (exact) mass is 213 g/mol. The van der Waals surface area contributed by atoms with E-state index in [0.29, 0.717) is 0 Å². The topological polar surface area (TPSA) is 58.6 Å². The van der Waals surface area contributed by atoms with Crippen molar-refractivity contribution in [1.82, 2.24) is 5.32 Å². The van der Waals surface area contributed by atoms with E-state index < -0.39 is 36.8 Å². The summed E-state index contributed by atoms with van der Waals surface area (Å²) in [7, 11) is 1.08. The van der Waals surface area contributed by atoms with Crippen molar-refractivity contribution in [3.63, 3.8) is 0 Å². The predicted octanol–water partition coefficient (Wildman–Crippen LogP) is -0.185. The van der Waals surface area contributed by atoms with Crippen molar-refractivity contribution < 1.29 is 27.8 Å². The smallest absolute Gasteiger partial charge is 0.418 e. The molecule has 4 nitrogen and oxygen atoms in total. The Morgan fingerprint density at radius 1 is 1.64 bits per heavy atom. The van der Waals surface area contributed by atoms with Crippen molar-refractivity contribution in [1.29, 1.82) is 0 Å². The summed E-state index contributed by atoms with van der Waals surface area (Å²) in [6.07, 6.45) is -5.44. The van der Waals surface area contributed by atoms with Crippen molar-refractivity contribution in [2.45, 2.75) is 24.2 Å². The number of carbonyl (C=O) groups is 1. The minimum absolute atomic E-state index is 0.684. The number of halogens is 3. The number of β-amino-alcohol motifs (C(OH)–C–C–N with tert-alkyl or cyclic N) is 1.